The van der Waals surface area contributed by atoms with Crippen molar-refractivity contribution >= 4 is 71.5 Å². The van der Waals surface area contributed by atoms with Gasteiger partial charge in [0, 0.05) is 49.1 Å². The van der Waals surface area contributed by atoms with E-state index in [9.17, 15) is 0 Å². The fourth-order valence-corrected chi connectivity index (χ4v) is 8.86. The molecule has 270 valence electrons. The lowest BCUT2D eigenvalue weighted by Gasteiger charge is -2.32. The number of rotatable bonds is 5. The Bertz CT molecular complexity index is 3320. The third-order valence-electron chi connectivity index (χ3n) is 11.5. The minimum Gasteiger partial charge on any atom is -0.456 e. The number of nitrogens with zero attached hydrogens (tertiary/aromatic N) is 2. The summed E-state index contributed by atoms with van der Waals surface area (Å²) >= 11 is 0. The Hall–Kier alpha value is -7.41. The van der Waals surface area contributed by atoms with Crippen LogP contribution < -0.4 is 10.6 Å². The maximum absolute atomic E-state index is 6.75. The molecule has 1 aliphatic rings. The molecular formula is C51H34N4O2. The van der Waals surface area contributed by atoms with E-state index < -0.39 is 0 Å². The lowest BCUT2D eigenvalue weighted by molar-refractivity contribution is 0.409. The molecule has 1 aliphatic heterocycles. The van der Waals surface area contributed by atoms with Gasteiger partial charge in [0.05, 0.1) is 11.0 Å². The SMILES string of the molecule is c1ccc(C2=NC(c3ccc4c(c3)oc3cccc(-c5cccc6c5oc5ccc(-n7c8ccccc8c8ccccc87)cc56)c34)NC(c3ccccc3)N2)cc1. The largest absolute Gasteiger partial charge is 0.456 e. The molecule has 6 nitrogen and oxygen atoms in total. The molecule has 2 unspecified atom stereocenters. The van der Waals surface area contributed by atoms with E-state index in [4.69, 9.17) is 13.8 Å². The van der Waals surface area contributed by atoms with Crippen LogP contribution in [0.5, 0.6) is 0 Å². The number of furan rings is 2. The van der Waals surface area contributed by atoms with Crippen molar-refractivity contribution in [2.45, 2.75) is 12.3 Å². The lowest BCUT2D eigenvalue weighted by atomic mass is 9.97. The second kappa shape index (κ2) is 12.6. The summed E-state index contributed by atoms with van der Waals surface area (Å²) in [6.45, 7) is 0. The van der Waals surface area contributed by atoms with Crippen molar-refractivity contribution in [3.8, 4) is 16.8 Å². The lowest BCUT2D eigenvalue weighted by Crippen LogP contribution is -2.44. The van der Waals surface area contributed by atoms with E-state index in [2.05, 4.69) is 173 Å². The van der Waals surface area contributed by atoms with Gasteiger partial charge in [0.25, 0.3) is 0 Å². The molecule has 8 aromatic carbocycles. The van der Waals surface area contributed by atoms with Crippen LogP contribution in [-0.2, 0) is 0 Å². The molecule has 4 heterocycles. The summed E-state index contributed by atoms with van der Waals surface area (Å²) in [5.74, 6) is 0.848. The number of nitrogens with one attached hydrogen (secondary N) is 2. The Kier molecular flexibility index (Phi) is 7.03. The Balaban J connectivity index is 0.973. The normalized spacial score (nSPS) is 15.9. The molecule has 0 aliphatic carbocycles. The molecule has 57 heavy (non-hydrogen) atoms. The monoisotopic (exact) mass is 734 g/mol. The summed E-state index contributed by atoms with van der Waals surface area (Å²) in [4.78, 5) is 5.17. The van der Waals surface area contributed by atoms with Gasteiger partial charge in [-0.1, -0.05) is 140 Å². The Labute approximate surface area is 327 Å². The maximum Gasteiger partial charge on any atom is 0.143 e. The van der Waals surface area contributed by atoms with Crippen molar-refractivity contribution in [3.05, 3.63) is 199 Å². The topological polar surface area (TPSA) is 67.6 Å². The van der Waals surface area contributed by atoms with Crippen LogP contribution in [0.2, 0.25) is 0 Å². The molecule has 0 saturated carbocycles. The summed E-state index contributed by atoms with van der Waals surface area (Å²) in [5, 5.41) is 14.1. The van der Waals surface area contributed by atoms with Crippen LogP contribution in [0.25, 0.3) is 82.5 Å². The average Bonchev–Trinajstić information content (AvgIpc) is 3.96. The van der Waals surface area contributed by atoms with Gasteiger partial charge in [0.2, 0.25) is 0 Å². The van der Waals surface area contributed by atoms with E-state index in [0.717, 1.165) is 83.2 Å². The van der Waals surface area contributed by atoms with Crippen LogP contribution in [0.4, 0.5) is 0 Å². The molecule has 0 spiro atoms. The summed E-state index contributed by atoms with van der Waals surface area (Å²) in [5.41, 5.74) is 12.1. The zero-order valence-corrected chi connectivity index (χ0v) is 30.7. The van der Waals surface area contributed by atoms with E-state index >= 15 is 0 Å². The van der Waals surface area contributed by atoms with Gasteiger partial charge in [-0.15, -0.1) is 0 Å². The minimum atomic E-state index is -0.291. The van der Waals surface area contributed by atoms with Crippen molar-refractivity contribution in [2.75, 3.05) is 0 Å². The van der Waals surface area contributed by atoms with E-state index in [-0.39, 0.29) is 12.3 Å². The maximum atomic E-state index is 6.75. The second-order valence-electron chi connectivity index (χ2n) is 14.8. The fraction of sp³-hybridized carbons (Fsp3) is 0.0392. The predicted octanol–water partition coefficient (Wildman–Crippen LogP) is 12.6. The number of hydrogen-bond acceptors (Lipinski definition) is 5. The quantitative estimate of drug-likeness (QED) is 0.185. The molecule has 3 aromatic heterocycles. The van der Waals surface area contributed by atoms with Crippen LogP contribution in [0.3, 0.4) is 0 Å². The first kappa shape index (κ1) is 31.9. The molecule has 2 atom stereocenters. The van der Waals surface area contributed by atoms with Gasteiger partial charge in [0.15, 0.2) is 0 Å². The van der Waals surface area contributed by atoms with Gasteiger partial charge >= 0.3 is 0 Å². The number of benzene rings is 8. The van der Waals surface area contributed by atoms with E-state index in [0.29, 0.717) is 0 Å². The van der Waals surface area contributed by atoms with Crippen LogP contribution in [0, 0.1) is 0 Å². The van der Waals surface area contributed by atoms with Crippen LogP contribution in [-0.4, -0.2) is 10.4 Å². The highest BCUT2D eigenvalue weighted by Crippen LogP contribution is 2.43. The third-order valence-corrected chi connectivity index (χ3v) is 11.5. The zero-order chi connectivity index (χ0) is 37.5. The van der Waals surface area contributed by atoms with Gasteiger partial charge in [-0.3, -0.25) is 5.32 Å². The van der Waals surface area contributed by atoms with Gasteiger partial charge in [-0.25, -0.2) is 4.99 Å². The van der Waals surface area contributed by atoms with Crippen molar-refractivity contribution in [1.29, 1.82) is 0 Å². The van der Waals surface area contributed by atoms with Crippen molar-refractivity contribution in [1.82, 2.24) is 15.2 Å². The van der Waals surface area contributed by atoms with Gasteiger partial charge in [-0.2, -0.15) is 0 Å². The first-order valence-corrected chi connectivity index (χ1v) is 19.4. The van der Waals surface area contributed by atoms with Crippen molar-refractivity contribution < 1.29 is 8.83 Å². The highest BCUT2D eigenvalue weighted by atomic mass is 16.3. The molecule has 2 N–H and O–H groups in total. The smallest absolute Gasteiger partial charge is 0.143 e. The minimum absolute atomic E-state index is 0.121. The van der Waals surface area contributed by atoms with E-state index in [1.807, 2.05) is 24.3 Å². The molecule has 0 saturated heterocycles. The third kappa shape index (κ3) is 5.04. The van der Waals surface area contributed by atoms with Gasteiger partial charge < -0.3 is 18.7 Å². The molecule has 0 radical (unpaired) electrons. The standard InChI is InChI=1S/C51H34N4O2/c1-3-13-31(14-4-1)49-52-50(32-15-5-2-6-16-32)54-51(53-49)33-25-27-40-46(29-33)56-45-24-12-19-37(47(40)45)38-20-11-21-39-41-30-34(26-28-44(41)57-48(38)39)55-42-22-9-7-17-35(42)36-18-8-10-23-43(36)55/h1-30,49,51,53H,(H,52,54). The van der Waals surface area contributed by atoms with Crippen LogP contribution in [0.1, 0.15) is 29.0 Å². The van der Waals surface area contributed by atoms with Crippen LogP contribution in [0.15, 0.2) is 196 Å². The number of amidine groups is 1. The summed E-state index contributed by atoms with van der Waals surface area (Å²) in [6, 6.07) is 63.7. The first-order valence-electron chi connectivity index (χ1n) is 19.4. The summed E-state index contributed by atoms with van der Waals surface area (Å²) < 4.78 is 15.7. The molecule has 11 aromatic rings. The number of aromatic nitrogens is 1. The van der Waals surface area contributed by atoms with Crippen molar-refractivity contribution in [2.24, 2.45) is 4.99 Å². The summed E-state index contributed by atoms with van der Waals surface area (Å²) in [6.07, 6.45) is -0.412. The molecule has 6 heteroatoms. The number of para-hydroxylation sites is 3. The number of hydrogen-bond donors (Lipinski definition) is 2. The first-order chi connectivity index (χ1) is 28.2. The average molecular weight is 735 g/mol. The highest BCUT2D eigenvalue weighted by Gasteiger charge is 2.26. The zero-order valence-electron chi connectivity index (χ0n) is 30.7. The number of aliphatic imine (C=N–C) groups is 1. The van der Waals surface area contributed by atoms with Gasteiger partial charge in [-0.05, 0) is 59.2 Å². The van der Waals surface area contributed by atoms with E-state index in [1.54, 1.807) is 0 Å². The predicted molar refractivity (Wildman–Crippen MR) is 232 cm³/mol. The van der Waals surface area contributed by atoms with Gasteiger partial charge in [0.1, 0.15) is 40.5 Å². The second-order valence-corrected chi connectivity index (χ2v) is 14.8. The fourth-order valence-electron chi connectivity index (χ4n) is 8.86. The molecule has 12 rings (SSSR count). The van der Waals surface area contributed by atoms with Crippen LogP contribution >= 0.6 is 0 Å². The Morgan fingerprint density at radius 3 is 1.98 bits per heavy atom. The van der Waals surface area contributed by atoms with E-state index in [1.165, 1.54) is 21.8 Å². The molecule has 0 fully saturated rings. The Morgan fingerprint density at radius 2 is 1.18 bits per heavy atom. The molecule has 0 amide bonds. The highest BCUT2D eigenvalue weighted by molar-refractivity contribution is 6.18. The molecule has 0 bridgehead atoms. The summed E-state index contributed by atoms with van der Waals surface area (Å²) in [7, 11) is 0. The Morgan fingerprint density at radius 1 is 0.474 bits per heavy atom. The number of fused-ring (bicyclic) bond motifs is 9. The van der Waals surface area contributed by atoms with Crippen molar-refractivity contribution in [3.63, 3.8) is 0 Å². The molecular weight excluding hydrogens is 701 g/mol.